The molecule has 0 amide bonds. The number of carbonyl (C=O) groups is 1. The lowest BCUT2D eigenvalue weighted by Crippen LogP contribution is -2.18. The number of hydrogen-bond acceptors (Lipinski definition) is 4. The van der Waals surface area contributed by atoms with Crippen LogP contribution in [0.4, 0.5) is 11.4 Å². The predicted octanol–water partition coefficient (Wildman–Crippen LogP) is 3.44. The van der Waals surface area contributed by atoms with Crippen molar-refractivity contribution in [1.29, 1.82) is 0 Å². The number of nitrogens with two attached hydrogens (primary N) is 1. The van der Waals surface area contributed by atoms with Crippen LogP contribution in [-0.4, -0.2) is 19.1 Å². The van der Waals surface area contributed by atoms with Crippen molar-refractivity contribution in [3.05, 3.63) is 23.8 Å². The highest BCUT2D eigenvalue weighted by molar-refractivity contribution is 5.96. The molecule has 0 bridgehead atoms. The number of hydrogen-bond donors (Lipinski definition) is 2. The Morgan fingerprint density at radius 3 is 2.79 bits per heavy atom. The van der Waals surface area contributed by atoms with Gasteiger partial charge in [0.1, 0.15) is 0 Å². The van der Waals surface area contributed by atoms with Crippen molar-refractivity contribution in [2.24, 2.45) is 0 Å². The van der Waals surface area contributed by atoms with Crippen molar-refractivity contribution >= 4 is 17.3 Å². The smallest absolute Gasteiger partial charge is 0.340 e. The van der Waals surface area contributed by atoms with Crippen LogP contribution in [0.3, 0.4) is 0 Å². The zero-order valence-corrected chi connectivity index (χ0v) is 12.0. The van der Waals surface area contributed by atoms with Crippen LogP contribution in [0.1, 0.15) is 49.9 Å². The summed E-state index contributed by atoms with van der Waals surface area (Å²) in [7, 11) is 1.37. The number of nitrogen functional groups attached to an aromatic ring is 1. The van der Waals surface area contributed by atoms with Crippen molar-refractivity contribution in [1.82, 2.24) is 0 Å². The van der Waals surface area contributed by atoms with Crippen LogP contribution < -0.4 is 11.1 Å². The number of methoxy groups -OCH3 is 1. The van der Waals surface area contributed by atoms with E-state index in [9.17, 15) is 4.79 Å². The Morgan fingerprint density at radius 2 is 2.16 bits per heavy atom. The maximum Gasteiger partial charge on any atom is 0.340 e. The van der Waals surface area contributed by atoms with Crippen LogP contribution in [0.15, 0.2) is 18.2 Å². The lowest BCUT2D eigenvalue weighted by Gasteiger charge is -2.17. The number of ether oxygens (including phenoxy) is 1. The summed E-state index contributed by atoms with van der Waals surface area (Å²) in [6, 6.07) is 5.58. The molecule has 0 radical (unpaired) electrons. The van der Waals surface area contributed by atoms with Crippen LogP contribution in [-0.2, 0) is 4.74 Å². The number of nitrogens with one attached hydrogen (secondary N) is 1. The molecular formula is C15H24N2O2. The van der Waals surface area contributed by atoms with E-state index in [2.05, 4.69) is 19.2 Å². The van der Waals surface area contributed by atoms with Gasteiger partial charge < -0.3 is 15.8 Å². The minimum Gasteiger partial charge on any atom is -0.465 e. The molecule has 0 saturated carbocycles. The Bertz CT molecular complexity index is 419. The van der Waals surface area contributed by atoms with Gasteiger partial charge in [0.05, 0.1) is 12.7 Å². The second-order valence-corrected chi connectivity index (χ2v) is 4.84. The van der Waals surface area contributed by atoms with Crippen LogP contribution in [0.2, 0.25) is 0 Å². The third-order valence-electron chi connectivity index (χ3n) is 3.09. The third-order valence-corrected chi connectivity index (χ3v) is 3.09. The molecule has 1 atom stereocenters. The normalized spacial score (nSPS) is 11.9. The van der Waals surface area contributed by atoms with Gasteiger partial charge in [-0.15, -0.1) is 0 Å². The van der Waals surface area contributed by atoms with Gasteiger partial charge in [-0.05, 0) is 31.5 Å². The lowest BCUT2D eigenvalue weighted by molar-refractivity contribution is 0.0602. The molecule has 0 aromatic heterocycles. The third kappa shape index (κ3) is 4.81. The van der Waals surface area contributed by atoms with E-state index in [0.29, 0.717) is 17.3 Å². The van der Waals surface area contributed by atoms with E-state index in [4.69, 9.17) is 10.5 Å². The largest absolute Gasteiger partial charge is 0.465 e. The van der Waals surface area contributed by atoms with Gasteiger partial charge in [-0.1, -0.05) is 26.2 Å². The number of rotatable bonds is 7. The first-order valence-corrected chi connectivity index (χ1v) is 6.82. The average Bonchev–Trinajstić information content (AvgIpc) is 2.40. The van der Waals surface area contributed by atoms with Crippen molar-refractivity contribution in [3.8, 4) is 0 Å². The van der Waals surface area contributed by atoms with Gasteiger partial charge in [0.2, 0.25) is 0 Å². The highest BCUT2D eigenvalue weighted by Crippen LogP contribution is 2.21. The summed E-state index contributed by atoms with van der Waals surface area (Å²) < 4.78 is 4.78. The van der Waals surface area contributed by atoms with E-state index in [1.165, 1.54) is 26.4 Å². The summed E-state index contributed by atoms with van der Waals surface area (Å²) in [6.07, 6.45) is 4.71. The Hall–Kier alpha value is -1.71. The fraction of sp³-hybridized carbons (Fsp3) is 0.533. The molecule has 19 heavy (non-hydrogen) atoms. The molecule has 4 nitrogen and oxygen atoms in total. The van der Waals surface area contributed by atoms with Gasteiger partial charge in [-0.3, -0.25) is 0 Å². The van der Waals surface area contributed by atoms with Gasteiger partial charge in [0.25, 0.3) is 0 Å². The molecule has 3 N–H and O–H groups in total. The molecule has 0 aliphatic heterocycles. The average molecular weight is 264 g/mol. The number of benzene rings is 1. The fourth-order valence-electron chi connectivity index (χ4n) is 2.00. The number of anilines is 2. The molecule has 0 saturated heterocycles. The minimum absolute atomic E-state index is 0.318. The highest BCUT2D eigenvalue weighted by atomic mass is 16.5. The standard InChI is InChI=1S/C15H24N2O2/c1-4-5-6-7-11(2)17-14-9-8-12(16)10-13(14)15(18)19-3/h8-11,17H,4-7,16H2,1-3H3. The zero-order chi connectivity index (χ0) is 14.3. The quantitative estimate of drug-likeness (QED) is 0.450. The van der Waals surface area contributed by atoms with Gasteiger partial charge in [0, 0.05) is 17.4 Å². The maximum atomic E-state index is 11.7. The lowest BCUT2D eigenvalue weighted by atomic mass is 10.1. The summed E-state index contributed by atoms with van der Waals surface area (Å²) >= 11 is 0. The molecule has 0 aliphatic rings. The van der Waals surface area contributed by atoms with Crippen LogP contribution >= 0.6 is 0 Å². The molecule has 4 heteroatoms. The highest BCUT2D eigenvalue weighted by Gasteiger charge is 2.13. The summed E-state index contributed by atoms with van der Waals surface area (Å²) in [5.74, 6) is -0.365. The topological polar surface area (TPSA) is 64.3 Å². The van der Waals surface area contributed by atoms with Crippen LogP contribution in [0, 0.1) is 0 Å². The Balaban J connectivity index is 2.74. The number of esters is 1. The van der Waals surface area contributed by atoms with Crippen molar-refractivity contribution in [2.75, 3.05) is 18.2 Å². The Morgan fingerprint density at radius 1 is 1.42 bits per heavy atom. The number of carbonyl (C=O) groups excluding carboxylic acids is 1. The second kappa shape index (κ2) is 7.67. The van der Waals surface area contributed by atoms with E-state index >= 15 is 0 Å². The molecule has 0 heterocycles. The molecule has 1 aromatic rings. The van der Waals surface area contributed by atoms with Crippen molar-refractivity contribution < 1.29 is 9.53 Å². The molecule has 1 unspecified atom stereocenters. The first kappa shape index (κ1) is 15.3. The molecule has 1 aromatic carbocycles. The van der Waals surface area contributed by atoms with Gasteiger partial charge in [0.15, 0.2) is 0 Å². The number of unbranched alkanes of at least 4 members (excludes halogenated alkanes) is 2. The first-order valence-electron chi connectivity index (χ1n) is 6.82. The minimum atomic E-state index is -0.365. The van der Waals surface area contributed by atoms with E-state index in [1.54, 1.807) is 12.1 Å². The van der Waals surface area contributed by atoms with Crippen molar-refractivity contribution in [3.63, 3.8) is 0 Å². The molecule has 106 valence electrons. The predicted molar refractivity (Wildman–Crippen MR) is 79.4 cm³/mol. The summed E-state index contributed by atoms with van der Waals surface area (Å²) in [6.45, 7) is 4.31. The van der Waals surface area contributed by atoms with E-state index in [1.807, 2.05) is 6.07 Å². The van der Waals surface area contributed by atoms with E-state index < -0.39 is 0 Å². The Kier molecular flexibility index (Phi) is 6.19. The molecular weight excluding hydrogens is 240 g/mol. The SMILES string of the molecule is CCCCCC(C)Nc1ccc(N)cc1C(=O)OC. The van der Waals surface area contributed by atoms with E-state index in [0.717, 1.165) is 12.1 Å². The summed E-state index contributed by atoms with van der Waals surface area (Å²) in [5.41, 5.74) is 7.55. The first-order chi connectivity index (χ1) is 9.08. The molecule has 0 fully saturated rings. The maximum absolute atomic E-state index is 11.7. The van der Waals surface area contributed by atoms with Crippen LogP contribution in [0.25, 0.3) is 0 Å². The fourth-order valence-corrected chi connectivity index (χ4v) is 2.00. The van der Waals surface area contributed by atoms with Gasteiger partial charge in [-0.2, -0.15) is 0 Å². The molecule has 0 spiro atoms. The van der Waals surface area contributed by atoms with Gasteiger partial charge >= 0.3 is 5.97 Å². The van der Waals surface area contributed by atoms with E-state index in [-0.39, 0.29) is 5.97 Å². The Labute approximate surface area is 115 Å². The van der Waals surface area contributed by atoms with Crippen molar-refractivity contribution in [2.45, 2.75) is 45.6 Å². The molecule has 0 aliphatic carbocycles. The summed E-state index contributed by atoms with van der Waals surface area (Å²) in [4.78, 5) is 11.7. The zero-order valence-electron chi connectivity index (χ0n) is 12.0. The monoisotopic (exact) mass is 264 g/mol. The van der Waals surface area contributed by atoms with Crippen LogP contribution in [0.5, 0.6) is 0 Å². The van der Waals surface area contributed by atoms with Gasteiger partial charge in [-0.25, -0.2) is 4.79 Å². The second-order valence-electron chi connectivity index (χ2n) is 4.84. The summed E-state index contributed by atoms with van der Waals surface area (Å²) in [5, 5.41) is 3.36. The molecule has 1 rings (SSSR count).